The lowest BCUT2D eigenvalue weighted by atomic mass is 10.1. The average Bonchev–Trinajstić information content (AvgIpc) is 3.38. The monoisotopic (exact) mass is 561 g/mol. The van der Waals surface area contributed by atoms with Crippen LogP contribution in [0.25, 0.3) is 0 Å². The van der Waals surface area contributed by atoms with Crippen molar-refractivity contribution in [2.24, 2.45) is 0 Å². The number of carbonyl (C=O) groups is 1. The van der Waals surface area contributed by atoms with Gasteiger partial charge in [-0.2, -0.15) is 0 Å². The zero-order valence-corrected chi connectivity index (χ0v) is 24.7. The maximum Gasteiger partial charge on any atom is 0.219 e. The number of H-pyrrole nitrogens is 1. The topological polar surface area (TPSA) is 57.8 Å². The van der Waals surface area contributed by atoms with Gasteiger partial charge in [-0.15, -0.1) is 17.0 Å². The summed E-state index contributed by atoms with van der Waals surface area (Å²) in [6, 6.07) is 0. The van der Waals surface area contributed by atoms with Crippen LogP contribution in [0.5, 0.6) is 0 Å². The van der Waals surface area contributed by atoms with Crippen LogP contribution in [0.3, 0.4) is 0 Å². The zero-order chi connectivity index (χ0) is 25.1. The number of aromatic nitrogens is 2. The Kier molecular flexibility index (Phi) is 26.5. The molecule has 0 aromatic carbocycles. The van der Waals surface area contributed by atoms with E-state index in [0.717, 1.165) is 57.3 Å². The van der Waals surface area contributed by atoms with Gasteiger partial charge in [0.15, 0.2) is 0 Å². The van der Waals surface area contributed by atoms with Gasteiger partial charge in [-0.05, 0) is 37.5 Å². The molecule has 0 aliphatic carbocycles. The van der Waals surface area contributed by atoms with Crippen molar-refractivity contribution in [2.75, 3.05) is 6.54 Å². The van der Waals surface area contributed by atoms with Gasteiger partial charge in [0.2, 0.25) is 5.91 Å². The van der Waals surface area contributed by atoms with Gasteiger partial charge in [-0.1, -0.05) is 102 Å². The largest absolute Gasteiger partial charge is 0.356 e. The molecule has 0 saturated heterocycles. The first kappa shape index (κ1) is 34.3. The molecule has 0 fully saturated rings. The van der Waals surface area contributed by atoms with Gasteiger partial charge >= 0.3 is 0 Å². The molecule has 2 N–H and O–H groups in total. The summed E-state index contributed by atoms with van der Waals surface area (Å²) in [6.07, 6.45) is 28.6. The van der Waals surface area contributed by atoms with E-state index in [1.54, 1.807) is 6.20 Å². The second-order valence-corrected chi connectivity index (χ2v) is 9.65. The smallest absolute Gasteiger partial charge is 0.219 e. The van der Waals surface area contributed by atoms with E-state index in [9.17, 15) is 4.79 Å². The number of aryl methyl sites for hydroxylation is 1. The van der Waals surface area contributed by atoms with Gasteiger partial charge in [-0.25, -0.2) is 4.98 Å². The molecule has 0 bridgehead atoms. The Morgan fingerprint density at radius 1 is 0.778 bits per heavy atom. The predicted molar refractivity (Wildman–Crippen MR) is 159 cm³/mol. The van der Waals surface area contributed by atoms with Crippen molar-refractivity contribution < 1.29 is 4.79 Å². The molecule has 0 radical (unpaired) electrons. The van der Waals surface area contributed by atoms with E-state index in [1.807, 2.05) is 6.20 Å². The summed E-state index contributed by atoms with van der Waals surface area (Å²) in [5.41, 5.74) is 0. The van der Waals surface area contributed by atoms with Gasteiger partial charge in [0.05, 0.1) is 0 Å². The number of carbonyl (C=O) groups excluding carboxylic acids is 1. The summed E-state index contributed by atoms with van der Waals surface area (Å²) in [6.45, 7) is 3.00. The number of amides is 1. The van der Waals surface area contributed by atoms with Crippen LogP contribution in [0, 0.1) is 23.7 Å². The quantitative estimate of drug-likeness (QED) is 0.110. The molecule has 0 unspecified atom stereocenters. The molecule has 1 rings (SSSR count). The highest BCUT2D eigenvalue weighted by Gasteiger charge is 2.01. The number of unbranched alkanes of at least 4 members (excludes halogenated alkanes) is 16. The normalized spacial score (nSPS) is 10.0. The van der Waals surface area contributed by atoms with Crippen molar-refractivity contribution in [3.63, 3.8) is 0 Å². The molecule has 1 amide bonds. The molecule has 0 spiro atoms. The Morgan fingerprint density at radius 2 is 1.31 bits per heavy atom. The fourth-order valence-electron chi connectivity index (χ4n) is 4.13. The fraction of sp³-hybridized carbons (Fsp3) is 0.742. The molecule has 5 heteroatoms. The SMILES string of the molecule is Br.CCCCCCCCCCCCC#CC#CCCCCCCCCC(=O)NCCCc1ncc[nH]1. The van der Waals surface area contributed by atoms with Crippen molar-refractivity contribution in [1.29, 1.82) is 0 Å². The number of rotatable bonds is 22. The van der Waals surface area contributed by atoms with Crippen molar-refractivity contribution >= 4 is 22.9 Å². The average molecular weight is 563 g/mol. The molecule has 1 aromatic heterocycles. The van der Waals surface area contributed by atoms with E-state index in [4.69, 9.17) is 0 Å². The number of hydrogen-bond donors (Lipinski definition) is 2. The van der Waals surface area contributed by atoms with E-state index in [0.29, 0.717) is 6.42 Å². The Bertz CT molecular complexity index is 724. The van der Waals surface area contributed by atoms with E-state index >= 15 is 0 Å². The molecular weight excluding hydrogens is 510 g/mol. The van der Waals surface area contributed by atoms with Gasteiger partial charge in [0.1, 0.15) is 5.82 Å². The third-order valence-corrected chi connectivity index (χ3v) is 6.32. The van der Waals surface area contributed by atoms with Crippen LogP contribution >= 0.6 is 17.0 Å². The molecule has 204 valence electrons. The second-order valence-electron chi connectivity index (χ2n) is 9.65. The number of aromatic amines is 1. The Balaban J connectivity index is 0.0000122. The maximum absolute atomic E-state index is 11.9. The minimum atomic E-state index is 0. The van der Waals surface area contributed by atoms with Crippen molar-refractivity contribution in [3.8, 4) is 23.7 Å². The summed E-state index contributed by atoms with van der Waals surface area (Å²) in [5, 5.41) is 3.00. The van der Waals surface area contributed by atoms with Gasteiger partial charge in [0, 0.05) is 44.6 Å². The number of hydrogen-bond acceptors (Lipinski definition) is 2. The summed E-state index contributed by atoms with van der Waals surface area (Å²) in [5.74, 6) is 13.6. The zero-order valence-electron chi connectivity index (χ0n) is 23.0. The molecule has 0 saturated carbocycles. The Labute approximate surface area is 232 Å². The van der Waals surface area contributed by atoms with Crippen LogP contribution < -0.4 is 5.32 Å². The summed E-state index contributed by atoms with van der Waals surface area (Å²) >= 11 is 0. The highest BCUT2D eigenvalue weighted by atomic mass is 79.9. The lowest BCUT2D eigenvalue weighted by Crippen LogP contribution is -2.24. The van der Waals surface area contributed by atoms with Crippen molar-refractivity contribution in [1.82, 2.24) is 15.3 Å². The number of nitrogens with zero attached hydrogens (tertiary/aromatic N) is 1. The summed E-state index contributed by atoms with van der Waals surface area (Å²) in [7, 11) is 0. The number of halogens is 1. The minimum absolute atomic E-state index is 0. The lowest BCUT2D eigenvalue weighted by Gasteiger charge is -2.04. The summed E-state index contributed by atoms with van der Waals surface area (Å²) < 4.78 is 0. The van der Waals surface area contributed by atoms with E-state index in [2.05, 4.69) is 45.9 Å². The summed E-state index contributed by atoms with van der Waals surface area (Å²) in [4.78, 5) is 19.1. The van der Waals surface area contributed by atoms with Crippen molar-refractivity contribution in [3.05, 3.63) is 18.2 Å². The first-order valence-corrected chi connectivity index (χ1v) is 14.5. The molecule has 36 heavy (non-hydrogen) atoms. The molecule has 0 aliphatic heterocycles. The molecule has 1 heterocycles. The standard InChI is InChI=1S/C31H51N3O.BrH/c1-2-3-4-5-6-7-8-9-10-11-12-13-14-15-16-17-18-19-20-21-22-23-26-31(35)34-27-24-25-30-32-28-29-33-30;/h28-29H,2-12,17-27H2,1H3,(H,32,33)(H,34,35);1H. The number of nitrogens with one attached hydrogen (secondary N) is 2. The maximum atomic E-state index is 11.9. The molecule has 0 atom stereocenters. The molecule has 4 nitrogen and oxygen atoms in total. The fourth-order valence-corrected chi connectivity index (χ4v) is 4.13. The third-order valence-electron chi connectivity index (χ3n) is 6.32. The van der Waals surface area contributed by atoms with E-state index in [-0.39, 0.29) is 22.9 Å². The Hall–Kier alpha value is -1.72. The van der Waals surface area contributed by atoms with Crippen molar-refractivity contribution in [2.45, 2.75) is 142 Å². The lowest BCUT2D eigenvalue weighted by molar-refractivity contribution is -0.121. The van der Waals surface area contributed by atoms with Gasteiger partial charge in [-0.3, -0.25) is 4.79 Å². The molecule has 1 aromatic rings. The van der Waals surface area contributed by atoms with Crippen LogP contribution in [0.15, 0.2) is 12.4 Å². The highest BCUT2D eigenvalue weighted by Crippen LogP contribution is 2.11. The molecule has 0 aliphatic rings. The molecular formula is C31H52BrN3O. The van der Waals surface area contributed by atoms with E-state index < -0.39 is 0 Å². The van der Waals surface area contributed by atoms with E-state index in [1.165, 1.54) is 83.5 Å². The first-order valence-electron chi connectivity index (χ1n) is 14.5. The van der Waals surface area contributed by atoms with Crippen LogP contribution in [0.2, 0.25) is 0 Å². The van der Waals surface area contributed by atoms with Crippen LogP contribution in [-0.4, -0.2) is 22.4 Å². The van der Waals surface area contributed by atoms with Gasteiger partial charge in [0.25, 0.3) is 0 Å². The third kappa shape index (κ3) is 24.0. The van der Waals surface area contributed by atoms with Crippen LogP contribution in [0.4, 0.5) is 0 Å². The van der Waals surface area contributed by atoms with Crippen LogP contribution in [-0.2, 0) is 11.2 Å². The Morgan fingerprint density at radius 3 is 1.83 bits per heavy atom. The first-order chi connectivity index (χ1) is 17.3. The van der Waals surface area contributed by atoms with Crippen LogP contribution in [0.1, 0.15) is 141 Å². The minimum Gasteiger partial charge on any atom is -0.356 e. The predicted octanol–water partition coefficient (Wildman–Crippen LogP) is 8.48. The van der Waals surface area contributed by atoms with Gasteiger partial charge < -0.3 is 10.3 Å². The highest BCUT2D eigenvalue weighted by molar-refractivity contribution is 8.93. The number of imidazole rings is 1. The second kappa shape index (κ2) is 27.9.